The van der Waals surface area contributed by atoms with Crippen LogP contribution in [-0.2, 0) is 0 Å². The standard InChI is InChI=1S/C15H13N3O3/c1-21-13-5-3-2-4-11(13)17-15-16-10-7-6-9(14(19)20)8-12(10)18-15/h2-8H,1H3,(H,19,20)(H2,16,17,18). The third kappa shape index (κ3) is 2.51. The number of hydrogen-bond donors (Lipinski definition) is 3. The smallest absolute Gasteiger partial charge is 0.335 e. The van der Waals surface area contributed by atoms with Gasteiger partial charge >= 0.3 is 5.97 Å². The molecule has 6 nitrogen and oxygen atoms in total. The van der Waals surface area contributed by atoms with Crippen molar-refractivity contribution in [3.8, 4) is 5.75 Å². The van der Waals surface area contributed by atoms with Crippen LogP contribution < -0.4 is 10.1 Å². The second-order valence-electron chi connectivity index (χ2n) is 4.45. The van der Waals surface area contributed by atoms with E-state index < -0.39 is 5.97 Å². The van der Waals surface area contributed by atoms with Crippen LogP contribution in [0.4, 0.5) is 11.6 Å². The van der Waals surface area contributed by atoms with E-state index in [1.54, 1.807) is 19.2 Å². The zero-order valence-electron chi connectivity index (χ0n) is 11.3. The summed E-state index contributed by atoms with van der Waals surface area (Å²) in [6.45, 7) is 0. The molecule has 0 amide bonds. The molecule has 0 aliphatic carbocycles. The summed E-state index contributed by atoms with van der Waals surface area (Å²) in [6, 6.07) is 12.2. The van der Waals surface area contributed by atoms with Gasteiger partial charge in [0.15, 0.2) is 0 Å². The van der Waals surface area contributed by atoms with E-state index in [0.717, 1.165) is 5.69 Å². The second kappa shape index (κ2) is 5.16. The van der Waals surface area contributed by atoms with Gasteiger partial charge in [-0.05, 0) is 30.3 Å². The van der Waals surface area contributed by atoms with Gasteiger partial charge in [0.05, 0.1) is 29.4 Å². The number of aromatic carboxylic acids is 1. The number of nitrogens with zero attached hydrogens (tertiary/aromatic N) is 1. The van der Waals surface area contributed by atoms with Gasteiger partial charge in [-0.25, -0.2) is 9.78 Å². The molecule has 0 saturated carbocycles. The van der Waals surface area contributed by atoms with E-state index in [0.29, 0.717) is 22.7 Å². The zero-order valence-corrected chi connectivity index (χ0v) is 11.3. The molecule has 1 heterocycles. The molecule has 3 aromatic rings. The third-order valence-corrected chi connectivity index (χ3v) is 3.09. The van der Waals surface area contributed by atoms with Gasteiger partial charge in [-0.1, -0.05) is 12.1 Å². The lowest BCUT2D eigenvalue weighted by Gasteiger charge is -2.07. The van der Waals surface area contributed by atoms with Crippen molar-refractivity contribution in [1.29, 1.82) is 0 Å². The highest BCUT2D eigenvalue weighted by Crippen LogP contribution is 2.27. The van der Waals surface area contributed by atoms with Crippen molar-refractivity contribution >= 4 is 28.6 Å². The molecule has 21 heavy (non-hydrogen) atoms. The fourth-order valence-electron chi connectivity index (χ4n) is 2.08. The van der Waals surface area contributed by atoms with Gasteiger partial charge in [0, 0.05) is 0 Å². The molecule has 1 aromatic heterocycles. The number of benzene rings is 2. The van der Waals surface area contributed by atoms with Crippen molar-refractivity contribution in [2.45, 2.75) is 0 Å². The third-order valence-electron chi connectivity index (χ3n) is 3.09. The molecule has 106 valence electrons. The topological polar surface area (TPSA) is 87.2 Å². The van der Waals surface area contributed by atoms with Gasteiger partial charge < -0.3 is 20.1 Å². The van der Waals surface area contributed by atoms with Crippen LogP contribution in [-0.4, -0.2) is 28.2 Å². The van der Waals surface area contributed by atoms with Crippen molar-refractivity contribution in [1.82, 2.24) is 9.97 Å². The van der Waals surface area contributed by atoms with Crippen molar-refractivity contribution in [2.24, 2.45) is 0 Å². The molecule has 0 aliphatic heterocycles. The number of anilines is 2. The molecule has 6 heteroatoms. The Morgan fingerprint density at radius 3 is 2.86 bits per heavy atom. The minimum Gasteiger partial charge on any atom is -0.495 e. The summed E-state index contributed by atoms with van der Waals surface area (Å²) in [6.07, 6.45) is 0. The van der Waals surface area contributed by atoms with E-state index in [1.165, 1.54) is 6.07 Å². The molecule has 0 aliphatic rings. The SMILES string of the molecule is COc1ccccc1Nc1nc2ccc(C(=O)O)cc2[nH]1. The summed E-state index contributed by atoms with van der Waals surface area (Å²) in [7, 11) is 1.60. The molecular weight excluding hydrogens is 270 g/mol. The molecule has 0 unspecified atom stereocenters. The number of carbonyl (C=O) groups is 1. The molecule has 0 atom stereocenters. The van der Waals surface area contributed by atoms with Crippen LogP contribution in [0.1, 0.15) is 10.4 Å². The quantitative estimate of drug-likeness (QED) is 0.685. The summed E-state index contributed by atoms with van der Waals surface area (Å²) in [4.78, 5) is 18.4. The number of aromatic amines is 1. The molecule has 2 aromatic carbocycles. The van der Waals surface area contributed by atoms with Crippen LogP contribution in [0.15, 0.2) is 42.5 Å². The normalized spacial score (nSPS) is 10.5. The van der Waals surface area contributed by atoms with E-state index in [1.807, 2.05) is 24.3 Å². The Morgan fingerprint density at radius 1 is 1.29 bits per heavy atom. The number of fused-ring (bicyclic) bond motifs is 1. The van der Waals surface area contributed by atoms with Crippen LogP contribution in [0.3, 0.4) is 0 Å². The molecule has 3 N–H and O–H groups in total. The number of carboxylic acids is 1. The Labute approximate surface area is 120 Å². The number of hydrogen-bond acceptors (Lipinski definition) is 4. The van der Waals surface area contributed by atoms with Crippen LogP contribution >= 0.6 is 0 Å². The van der Waals surface area contributed by atoms with E-state index in [2.05, 4.69) is 15.3 Å². The van der Waals surface area contributed by atoms with E-state index in [4.69, 9.17) is 9.84 Å². The summed E-state index contributed by atoms with van der Waals surface area (Å²) in [5, 5.41) is 12.1. The zero-order chi connectivity index (χ0) is 14.8. The summed E-state index contributed by atoms with van der Waals surface area (Å²) in [5.41, 5.74) is 2.34. The fraction of sp³-hybridized carbons (Fsp3) is 0.0667. The van der Waals surface area contributed by atoms with Gasteiger partial charge in [-0.15, -0.1) is 0 Å². The number of nitrogens with one attached hydrogen (secondary N) is 2. The lowest BCUT2D eigenvalue weighted by atomic mass is 10.2. The number of H-pyrrole nitrogens is 1. The van der Waals surface area contributed by atoms with Gasteiger partial charge in [0.2, 0.25) is 5.95 Å². The van der Waals surface area contributed by atoms with Crippen LogP contribution in [0.5, 0.6) is 5.75 Å². The first-order valence-electron chi connectivity index (χ1n) is 6.30. The number of carboxylic acid groups (broad SMARTS) is 1. The van der Waals surface area contributed by atoms with E-state index >= 15 is 0 Å². The number of imidazole rings is 1. The average molecular weight is 283 g/mol. The predicted molar refractivity (Wildman–Crippen MR) is 79.3 cm³/mol. The largest absolute Gasteiger partial charge is 0.495 e. The van der Waals surface area contributed by atoms with E-state index in [-0.39, 0.29) is 5.56 Å². The number of aromatic nitrogens is 2. The molecule has 0 bridgehead atoms. The molecule has 3 rings (SSSR count). The molecule has 0 spiro atoms. The monoisotopic (exact) mass is 283 g/mol. The van der Waals surface area contributed by atoms with Crippen molar-refractivity contribution in [2.75, 3.05) is 12.4 Å². The molecular formula is C15H13N3O3. The summed E-state index contributed by atoms with van der Waals surface area (Å²) < 4.78 is 5.26. The Kier molecular flexibility index (Phi) is 3.19. The van der Waals surface area contributed by atoms with Gasteiger partial charge in [-0.3, -0.25) is 0 Å². The number of rotatable bonds is 4. The lowest BCUT2D eigenvalue weighted by Crippen LogP contribution is -1.95. The van der Waals surface area contributed by atoms with Crippen LogP contribution in [0.2, 0.25) is 0 Å². The lowest BCUT2D eigenvalue weighted by molar-refractivity contribution is 0.0697. The Balaban J connectivity index is 1.96. The molecule has 0 saturated heterocycles. The fourth-order valence-corrected chi connectivity index (χ4v) is 2.08. The van der Waals surface area contributed by atoms with Crippen LogP contribution in [0, 0.1) is 0 Å². The Bertz CT molecular complexity index is 811. The van der Waals surface area contributed by atoms with Crippen molar-refractivity contribution < 1.29 is 14.6 Å². The maximum atomic E-state index is 11.0. The molecule has 0 radical (unpaired) electrons. The first-order valence-corrected chi connectivity index (χ1v) is 6.30. The Hall–Kier alpha value is -3.02. The first-order chi connectivity index (χ1) is 10.2. The van der Waals surface area contributed by atoms with Crippen molar-refractivity contribution in [3.63, 3.8) is 0 Å². The van der Waals surface area contributed by atoms with Gasteiger partial charge in [0.1, 0.15) is 5.75 Å². The maximum absolute atomic E-state index is 11.0. The van der Waals surface area contributed by atoms with Gasteiger partial charge in [-0.2, -0.15) is 0 Å². The van der Waals surface area contributed by atoms with E-state index in [9.17, 15) is 4.79 Å². The summed E-state index contributed by atoms with van der Waals surface area (Å²) in [5.74, 6) is 0.256. The minimum atomic E-state index is -0.967. The second-order valence-corrected chi connectivity index (χ2v) is 4.45. The van der Waals surface area contributed by atoms with Crippen LogP contribution in [0.25, 0.3) is 11.0 Å². The first kappa shape index (κ1) is 13.0. The maximum Gasteiger partial charge on any atom is 0.335 e. The minimum absolute atomic E-state index is 0.218. The highest BCUT2D eigenvalue weighted by Gasteiger charge is 2.09. The highest BCUT2D eigenvalue weighted by molar-refractivity contribution is 5.92. The predicted octanol–water partition coefficient (Wildman–Crippen LogP) is 3.01. The number of para-hydroxylation sites is 2. The number of methoxy groups -OCH3 is 1. The molecule has 0 fully saturated rings. The van der Waals surface area contributed by atoms with Crippen molar-refractivity contribution in [3.05, 3.63) is 48.0 Å². The Morgan fingerprint density at radius 2 is 2.10 bits per heavy atom. The highest BCUT2D eigenvalue weighted by atomic mass is 16.5. The number of ether oxygens (including phenoxy) is 1. The van der Waals surface area contributed by atoms with Gasteiger partial charge in [0.25, 0.3) is 0 Å². The summed E-state index contributed by atoms with van der Waals surface area (Å²) >= 11 is 0. The average Bonchev–Trinajstić information content (AvgIpc) is 2.89.